The van der Waals surface area contributed by atoms with Gasteiger partial charge in [-0.05, 0) is 31.0 Å². The molecule has 2 rings (SSSR count). The summed E-state index contributed by atoms with van der Waals surface area (Å²) >= 11 is 5.01. The van der Waals surface area contributed by atoms with Gasteiger partial charge in [0.25, 0.3) is 0 Å². The summed E-state index contributed by atoms with van der Waals surface area (Å²) in [6.07, 6.45) is 2.04. The number of nitrogens with one attached hydrogen (secondary N) is 1. The van der Waals surface area contributed by atoms with E-state index in [2.05, 4.69) is 16.3 Å². The molecule has 1 saturated heterocycles. The van der Waals surface area contributed by atoms with Gasteiger partial charge >= 0.3 is 0 Å². The maximum atomic E-state index is 11.7. The predicted octanol–water partition coefficient (Wildman–Crippen LogP) is 1.28. The van der Waals surface area contributed by atoms with Crippen molar-refractivity contribution in [2.24, 2.45) is 11.7 Å². The van der Waals surface area contributed by atoms with Crippen LogP contribution >= 0.6 is 12.2 Å². The number of nitrogens with two attached hydrogens (primary N) is 1. The molecule has 1 fully saturated rings. The lowest BCUT2D eigenvalue weighted by molar-refractivity contribution is -0.126. The van der Waals surface area contributed by atoms with Gasteiger partial charge in [-0.2, -0.15) is 0 Å². The van der Waals surface area contributed by atoms with Crippen LogP contribution in [0.2, 0.25) is 0 Å². The molecule has 0 saturated carbocycles. The fourth-order valence-electron chi connectivity index (χ4n) is 2.70. The molecule has 0 aliphatic carbocycles. The number of likely N-dealkylation sites (tertiary alicyclic amines) is 1. The molecule has 1 amide bonds. The number of amides is 1. The normalized spacial score (nSPS) is 19.6. The van der Waals surface area contributed by atoms with Gasteiger partial charge in [0.1, 0.15) is 4.99 Å². The van der Waals surface area contributed by atoms with Crippen LogP contribution in [-0.4, -0.2) is 35.9 Å². The van der Waals surface area contributed by atoms with Crippen molar-refractivity contribution < 1.29 is 4.79 Å². The number of hydrogen-bond acceptors (Lipinski definition) is 3. The SMILES string of the molecule is CNC(=O)C1CCCN(Cc2cccc(C(N)=S)c2)C1. The third-order valence-electron chi connectivity index (χ3n) is 3.74. The Morgan fingerprint density at radius 3 is 3.05 bits per heavy atom. The minimum absolute atomic E-state index is 0.104. The Balaban J connectivity index is 2.00. The first-order valence-corrected chi connectivity index (χ1v) is 7.33. The summed E-state index contributed by atoms with van der Waals surface area (Å²) in [5.41, 5.74) is 7.75. The largest absolute Gasteiger partial charge is 0.389 e. The maximum absolute atomic E-state index is 11.7. The Labute approximate surface area is 125 Å². The van der Waals surface area contributed by atoms with Gasteiger partial charge in [0.15, 0.2) is 0 Å². The van der Waals surface area contributed by atoms with E-state index in [1.165, 1.54) is 5.56 Å². The molecule has 1 aromatic rings. The number of piperidine rings is 1. The van der Waals surface area contributed by atoms with E-state index in [1.807, 2.05) is 18.2 Å². The van der Waals surface area contributed by atoms with Gasteiger partial charge in [0.05, 0.1) is 5.92 Å². The van der Waals surface area contributed by atoms with Crippen molar-refractivity contribution in [2.75, 3.05) is 20.1 Å². The molecule has 5 heteroatoms. The summed E-state index contributed by atoms with van der Waals surface area (Å²) in [5, 5.41) is 2.74. The van der Waals surface area contributed by atoms with Crippen molar-refractivity contribution in [3.05, 3.63) is 35.4 Å². The second kappa shape index (κ2) is 6.81. The molecule has 1 atom stereocenters. The highest BCUT2D eigenvalue weighted by Gasteiger charge is 2.24. The average molecular weight is 291 g/mol. The molecule has 3 N–H and O–H groups in total. The zero-order valence-electron chi connectivity index (χ0n) is 11.8. The zero-order valence-corrected chi connectivity index (χ0v) is 12.6. The minimum Gasteiger partial charge on any atom is -0.389 e. The molecule has 1 heterocycles. The number of rotatable bonds is 4. The first kappa shape index (κ1) is 14.9. The molecular weight excluding hydrogens is 270 g/mol. The molecule has 0 bridgehead atoms. The van der Waals surface area contributed by atoms with Crippen LogP contribution in [0.15, 0.2) is 24.3 Å². The molecule has 20 heavy (non-hydrogen) atoms. The van der Waals surface area contributed by atoms with E-state index < -0.39 is 0 Å². The van der Waals surface area contributed by atoms with Gasteiger partial charge in [-0.3, -0.25) is 9.69 Å². The highest BCUT2D eigenvalue weighted by atomic mass is 32.1. The van der Waals surface area contributed by atoms with E-state index in [0.717, 1.165) is 38.0 Å². The summed E-state index contributed by atoms with van der Waals surface area (Å²) in [6, 6.07) is 8.01. The maximum Gasteiger partial charge on any atom is 0.224 e. The Hall–Kier alpha value is -1.46. The molecule has 1 aromatic carbocycles. The number of carbonyl (C=O) groups excluding carboxylic acids is 1. The van der Waals surface area contributed by atoms with Crippen LogP contribution < -0.4 is 11.1 Å². The molecule has 108 valence electrons. The minimum atomic E-state index is 0.104. The van der Waals surface area contributed by atoms with Crippen molar-refractivity contribution in [1.29, 1.82) is 0 Å². The van der Waals surface area contributed by atoms with Crippen LogP contribution in [0.1, 0.15) is 24.0 Å². The third kappa shape index (κ3) is 3.77. The summed E-state index contributed by atoms with van der Waals surface area (Å²) in [7, 11) is 1.70. The van der Waals surface area contributed by atoms with Crippen molar-refractivity contribution in [3.8, 4) is 0 Å². The third-order valence-corrected chi connectivity index (χ3v) is 3.98. The van der Waals surface area contributed by atoms with E-state index in [4.69, 9.17) is 18.0 Å². The molecule has 0 aromatic heterocycles. The van der Waals surface area contributed by atoms with E-state index in [0.29, 0.717) is 4.99 Å². The van der Waals surface area contributed by atoms with Crippen LogP contribution in [0.5, 0.6) is 0 Å². The fraction of sp³-hybridized carbons (Fsp3) is 0.467. The predicted molar refractivity (Wildman–Crippen MR) is 84.4 cm³/mol. The molecule has 0 spiro atoms. The molecule has 1 aliphatic rings. The van der Waals surface area contributed by atoms with Gasteiger partial charge < -0.3 is 11.1 Å². The van der Waals surface area contributed by atoms with Gasteiger partial charge in [-0.15, -0.1) is 0 Å². The zero-order chi connectivity index (χ0) is 14.5. The van der Waals surface area contributed by atoms with Gasteiger partial charge in [-0.1, -0.05) is 30.4 Å². The van der Waals surface area contributed by atoms with Gasteiger partial charge in [-0.25, -0.2) is 0 Å². The van der Waals surface area contributed by atoms with Crippen molar-refractivity contribution in [1.82, 2.24) is 10.2 Å². The monoisotopic (exact) mass is 291 g/mol. The summed E-state index contributed by atoms with van der Waals surface area (Å²) in [4.78, 5) is 14.5. The first-order chi connectivity index (χ1) is 9.60. The standard InChI is InChI=1S/C15H21N3OS/c1-17-15(19)13-6-3-7-18(10-13)9-11-4-2-5-12(8-11)14(16)20/h2,4-5,8,13H,3,6-7,9-10H2,1H3,(H2,16,20)(H,17,19). The van der Waals surface area contributed by atoms with Crippen molar-refractivity contribution in [3.63, 3.8) is 0 Å². The summed E-state index contributed by atoms with van der Waals surface area (Å²) in [6.45, 7) is 2.69. The number of nitrogens with zero attached hydrogens (tertiary/aromatic N) is 1. The lowest BCUT2D eigenvalue weighted by Gasteiger charge is -2.31. The van der Waals surface area contributed by atoms with Crippen LogP contribution in [0, 0.1) is 5.92 Å². The summed E-state index contributed by atoms with van der Waals surface area (Å²) < 4.78 is 0. The van der Waals surface area contributed by atoms with Crippen LogP contribution in [-0.2, 0) is 11.3 Å². The van der Waals surface area contributed by atoms with Gasteiger partial charge in [0.2, 0.25) is 5.91 Å². The Kier molecular flexibility index (Phi) is 5.09. The Morgan fingerprint density at radius 2 is 2.35 bits per heavy atom. The second-order valence-corrected chi connectivity index (χ2v) is 5.69. The van der Waals surface area contributed by atoms with Gasteiger partial charge in [0, 0.05) is 25.7 Å². The highest BCUT2D eigenvalue weighted by molar-refractivity contribution is 7.80. The van der Waals surface area contributed by atoms with E-state index in [1.54, 1.807) is 7.05 Å². The molecule has 1 unspecified atom stereocenters. The topological polar surface area (TPSA) is 58.4 Å². The molecule has 1 aliphatic heterocycles. The Bertz CT molecular complexity index is 504. The number of carbonyl (C=O) groups is 1. The quantitative estimate of drug-likeness (QED) is 0.821. The molecule has 0 radical (unpaired) electrons. The number of thiocarbonyl (C=S) groups is 1. The lowest BCUT2D eigenvalue weighted by Crippen LogP contribution is -2.41. The average Bonchev–Trinajstić information content (AvgIpc) is 2.47. The lowest BCUT2D eigenvalue weighted by atomic mass is 9.96. The smallest absolute Gasteiger partial charge is 0.224 e. The summed E-state index contributed by atoms with van der Waals surface area (Å²) in [5.74, 6) is 0.249. The van der Waals surface area contributed by atoms with Crippen LogP contribution in [0.3, 0.4) is 0 Å². The van der Waals surface area contributed by atoms with Crippen molar-refractivity contribution >= 4 is 23.1 Å². The second-order valence-electron chi connectivity index (χ2n) is 5.25. The van der Waals surface area contributed by atoms with E-state index in [9.17, 15) is 4.79 Å². The van der Waals surface area contributed by atoms with E-state index in [-0.39, 0.29) is 11.8 Å². The van der Waals surface area contributed by atoms with Crippen LogP contribution in [0.25, 0.3) is 0 Å². The highest BCUT2D eigenvalue weighted by Crippen LogP contribution is 2.19. The van der Waals surface area contributed by atoms with Crippen molar-refractivity contribution in [2.45, 2.75) is 19.4 Å². The number of benzene rings is 1. The molecular formula is C15H21N3OS. The van der Waals surface area contributed by atoms with Crippen LogP contribution in [0.4, 0.5) is 0 Å². The van der Waals surface area contributed by atoms with E-state index >= 15 is 0 Å². The Morgan fingerprint density at radius 1 is 1.55 bits per heavy atom. The molecule has 4 nitrogen and oxygen atoms in total. The first-order valence-electron chi connectivity index (χ1n) is 6.93. The fourth-order valence-corrected chi connectivity index (χ4v) is 2.83. The number of hydrogen-bond donors (Lipinski definition) is 2.